The van der Waals surface area contributed by atoms with Crippen LogP contribution in [0, 0.1) is 12.8 Å². The molecule has 1 saturated carbocycles. The Hall–Kier alpha value is -2.57. The average molecular weight is 440 g/mol. The zero-order valence-electron chi connectivity index (χ0n) is 19.3. The number of hydrogen-bond donors (Lipinski definition) is 3. The highest BCUT2D eigenvalue weighted by molar-refractivity contribution is 5.91. The molecule has 0 spiro atoms. The third-order valence-corrected chi connectivity index (χ3v) is 7.28. The number of benzene rings is 2. The molecule has 1 aliphatic heterocycles. The van der Waals surface area contributed by atoms with Crippen LogP contribution in [0.3, 0.4) is 0 Å². The summed E-state index contributed by atoms with van der Waals surface area (Å²) in [4.78, 5) is 14.2. The van der Waals surface area contributed by atoms with Gasteiger partial charge in [-0.3, -0.25) is 4.79 Å². The van der Waals surface area contributed by atoms with Gasteiger partial charge in [-0.1, -0.05) is 30.5 Å². The first-order chi connectivity index (χ1) is 15.4. The zero-order valence-corrected chi connectivity index (χ0v) is 19.3. The van der Waals surface area contributed by atoms with Gasteiger partial charge in [0.1, 0.15) is 6.04 Å². The second kappa shape index (κ2) is 9.51. The summed E-state index contributed by atoms with van der Waals surface area (Å²) in [5, 5.41) is 14.5. The van der Waals surface area contributed by atoms with Gasteiger partial charge >= 0.3 is 0 Å². The van der Waals surface area contributed by atoms with Crippen LogP contribution in [-0.2, 0) is 4.79 Å². The number of quaternary nitrogens is 1. The molecule has 172 valence electrons. The number of fused-ring (bicyclic) bond motifs is 1. The van der Waals surface area contributed by atoms with E-state index in [9.17, 15) is 9.90 Å². The summed E-state index contributed by atoms with van der Waals surface area (Å²) in [5.74, 6) is 1.48. The Labute approximate surface area is 190 Å². The van der Waals surface area contributed by atoms with Crippen LogP contribution in [0.5, 0.6) is 11.5 Å². The Bertz CT molecular complexity index is 945. The van der Waals surface area contributed by atoms with Crippen molar-refractivity contribution < 1.29 is 24.3 Å². The quantitative estimate of drug-likeness (QED) is 0.647. The number of anilines is 1. The summed E-state index contributed by atoms with van der Waals surface area (Å²) < 4.78 is 11.0. The minimum atomic E-state index is -0.660. The molecule has 1 saturated heterocycles. The summed E-state index contributed by atoms with van der Waals surface area (Å²) in [6.45, 7) is 3.15. The molecule has 1 aliphatic carbocycles. The number of aliphatic hydroxyl groups is 1. The van der Waals surface area contributed by atoms with Gasteiger partial charge in [0, 0.05) is 23.6 Å². The predicted molar refractivity (Wildman–Crippen MR) is 124 cm³/mol. The SMILES string of the molecule is COc1ccc([C@H]2[C@H]3CCCC[C@@]3(O)CC[NH+]2CC(=O)Nc2ccc(C)cc2)cc1OC. The van der Waals surface area contributed by atoms with Gasteiger partial charge in [-0.15, -0.1) is 0 Å². The van der Waals surface area contributed by atoms with E-state index in [-0.39, 0.29) is 17.9 Å². The van der Waals surface area contributed by atoms with Crippen LogP contribution in [0.15, 0.2) is 42.5 Å². The maximum Gasteiger partial charge on any atom is 0.279 e. The molecule has 6 nitrogen and oxygen atoms in total. The van der Waals surface area contributed by atoms with Gasteiger partial charge in [-0.25, -0.2) is 0 Å². The first-order valence-corrected chi connectivity index (χ1v) is 11.6. The molecule has 3 N–H and O–H groups in total. The van der Waals surface area contributed by atoms with E-state index in [4.69, 9.17) is 9.47 Å². The number of rotatable bonds is 6. The van der Waals surface area contributed by atoms with Gasteiger partial charge in [0.25, 0.3) is 5.91 Å². The number of methoxy groups -OCH3 is 2. The molecule has 6 heteroatoms. The molecule has 1 unspecified atom stereocenters. The Morgan fingerprint density at radius 2 is 1.84 bits per heavy atom. The minimum absolute atomic E-state index is 0.00409. The molecule has 0 aromatic heterocycles. The van der Waals surface area contributed by atoms with Gasteiger partial charge in [0.15, 0.2) is 18.0 Å². The number of aryl methyl sites for hydroxylation is 1. The first kappa shape index (κ1) is 22.6. The number of carbonyl (C=O) groups excluding carboxylic acids is 1. The lowest BCUT2D eigenvalue weighted by Crippen LogP contribution is -3.16. The highest BCUT2D eigenvalue weighted by Crippen LogP contribution is 2.45. The minimum Gasteiger partial charge on any atom is -0.493 e. The summed E-state index contributed by atoms with van der Waals surface area (Å²) in [6.07, 6.45) is 4.71. The third kappa shape index (κ3) is 4.62. The van der Waals surface area contributed by atoms with E-state index in [1.54, 1.807) is 14.2 Å². The maximum absolute atomic E-state index is 13.0. The van der Waals surface area contributed by atoms with Gasteiger partial charge < -0.3 is 24.8 Å². The average Bonchev–Trinajstić information content (AvgIpc) is 2.80. The zero-order chi connectivity index (χ0) is 22.7. The van der Waals surface area contributed by atoms with Crippen LogP contribution in [0.2, 0.25) is 0 Å². The summed E-state index contributed by atoms with van der Waals surface area (Å²) in [7, 11) is 3.27. The highest BCUT2D eigenvalue weighted by Gasteiger charge is 2.52. The van der Waals surface area contributed by atoms with Crippen LogP contribution in [0.4, 0.5) is 5.69 Å². The molecule has 2 aliphatic rings. The Morgan fingerprint density at radius 1 is 1.09 bits per heavy atom. The van der Waals surface area contributed by atoms with Crippen molar-refractivity contribution in [2.75, 3.05) is 32.6 Å². The lowest BCUT2D eigenvalue weighted by atomic mass is 9.66. The van der Waals surface area contributed by atoms with Crippen LogP contribution < -0.4 is 19.7 Å². The van der Waals surface area contributed by atoms with E-state index >= 15 is 0 Å². The van der Waals surface area contributed by atoms with Crippen LogP contribution >= 0.6 is 0 Å². The summed E-state index contributed by atoms with van der Waals surface area (Å²) >= 11 is 0. The number of ether oxygens (including phenoxy) is 2. The van der Waals surface area contributed by atoms with Crippen molar-refractivity contribution in [2.24, 2.45) is 5.92 Å². The second-order valence-electron chi connectivity index (χ2n) is 9.30. The molecule has 2 aromatic rings. The topological polar surface area (TPSA) is 72.2 Å². The van der Waals surface area contributed by atoms with Gasteiger partial charge in [0.05, 0.1) is 26.4 Å². The number of likely N-dealkylation sites (tertiary alicyclic amines) is 1. The van der Waals surface area contributed by atoms with E-state index in [1.807, 2.05) is 43.3 Å². The Kier molecular flexibility index (Phi) is 6.72. The molecule has 4 rings (SSSR count). The van der Waals surface area contributed by atoms with E-state index < -0.39 is 5.60 Å². The van der Waals surface area contributed by atoms with Crippen molar-refractivity contribution >= 4 is 11.6 Å². The number of amides is 1. The fourth-order valence-electron chi connectivity index (χ4n) is 5.61. The van der Waals surface area contributed by atoms with E-state index in [1.165, 1.54) is 4.90 Å². The first-order valence-electron chi connectivity index (χ1n) is 11.6. The fraction of sp³-hybridized carbons (Fsp3) is 0.500. The molecule has 32 heavy (non-hydrogen) atoms. The second-order valence-corrected chi connectivity index (χ2v) is 9.30. The smallest absolute Gasteiger partial charge is 0.279 e. The van der Waals surface area contributed by atoms with Crippen molar-refractivity contribution in [1.82, 2.24) is 0 Å². The Balaban J connectivity index is 1.61. The van der Waals surface area contributed by atoms with E-state index in [0.717, 1.165) is 55.5 Å². The fourth-order valence-corrected chi connectivity index (χ4v) is 5.61. The van der Waals surface area contributed by atoms with E-state index in [2.05, 4.69) is 11.4 Å². The molecular weight excluding hydrogens is 404 g/mol. The van der Waals surface area contributed by atoms with Gasteiger partial charge in [-0.2, -0.15) is 0 Å². The number of nitrogens with one attached hydrogen (secondary N) is 2. The molecule has 2 aromatic carbocycles. The Morgan fingerprint density at radius 3 is 2.56 bits per heavy atom. The van der Waals surface area contributed by atoms with Crippen molar-refractivity contribution in [3.05, 3.63) is 53.6 Å². The van der Waals surface area contributed by atoms with Crippen molar-refractivity contribution in [1.29, 1.82) is 0 Å². The third-order valence-electron chi connectivity index (χ3n) is 7.28. The standard InChI is InChI=1S/C26H34N2O4/c1-18-7-10-20(11-8-18)27-24(29)17-28-15-14-26(30)13-5-4-6-21(26)25(28)19-9-12-22(31-2)23(16-19)32-3/h7-12,16,21,25,30H,4-6,13-15,17H2,1-3H3,(H,27,29)/p+1/t21-,25+,26-/m1/s1. The molecule has 1 amide bonds. The summed E-state index contributed by atoms with van der Waals surface area (Å²) in [6, 6.07) is 13.9. The van der Waals surface area contributed by atoms with Crippen LogP contribution in [0.25, 0.3) is 0 Å². The predicted octanol–water partition coefficient (Wildman–Crippen LogP) is 2.90. The van der Waals surface area contributed by atoms with Gasteiger partial charge in [-0.05, 0) is 50.1 Å². The molecule has 0 bridgehead atoms. The number of carbonyl (C=O) groups is 1. The lowest BCUT2D eigenvalue weighted by molar-refractivity contribution is -0.937. The van der Waals surface area contributed by atoms with Crippen LogP contribution in [0.1, 0.15) is 49.3 Å². The highest BCUT2D eigenvalue weighted by atomic mass is 16.5. The number of piperidine rings is 1. The largest absolute Gasteiger partial charge is 0.493 e. The monoisotopic (exact) mass is 439 g/mol. The lowest BCUT2D eigenvalue weighted by Gasteiger charge is -2.50. The van der Waals surface area contributed by atoms with E-state index in [0.29, 0.717) is 18.0 Å². The van der Waals surface area contributed by atoms with Gasteiger partial charge in [0.2, 0.25) is 0 Å². The van der Waals surface area contributed by atoms with Crippen molar-refractivity contribution in [3.8, 4) is 11.5 Å². The van der Waals surface area contributed by atoms with Crippen molar-refractivity contribution in [3.63, 3.8) is 0 Å². The molecule has 2 fully saturated rings. The van der Waals surface area contributed by atoms with Crippen LogP contribution in [-0.4, -0.2) is 43.9 Å². The number of hydrogen-bond acceptors (Lipinski definition) is 4. The molecule has 4 atom stereocenters. The molecule has 0 radical (unpaired) electrons. The normalized spacial score (nSPS) is 27.3. The summed E-state index contributed by atoms with van der Waals surface area (Å²) in [5.41, 5.74) is 2.40. The van der Waals surface area contributed by atoms with Crippen molar-refractivity contribution in [2.45, 2.75) is 50.7 Å². The molecular formula is C26H35N2O4+. The molecule has 1 heterocycles. The maximum atomic E-state index is 13.0.